The Morgan fingerprint density at radius 1 is 1.33 bits per heavy atom. The first-order chi connectivity index (χ1) is 13.0. The third-order valence-corrected chi connectivity index (χ3v) is 5.09. The van der Waals surface area contributed by atoms with Gasteiger partial charge in [-0.15, -0.1) is 0 Å². The Balaban J connectivity index is 1.80. The first kappa shape index (κ1) is 19.1. The highest BCUT2D eigenvalue weighted by molar-refractivity contribution is 5.94. The predicted octanol–water partition coefficient (Wildman–Crippen LogP) is 2.13. The number of amides is 2. The van der Waals surface area contributed by atoms with E-state index in [0.717, 1.165) is 12.0 Å². The van der Waals surface area contributed by atoms with Crippen LogP contribution in [-0.2, 0) is 17.9 Å². The molecule has 7 heteroatoms. The second-order valence-corrected chi connectivity index (χ2v) is 6.79. The average molecular weight is 371 g/mol. The second kappa shape index (κ2) is 8.35. The Labute approximate surface area is 158 Å². The molecule has 1 aromatic heterocycles. The van der Waals surface area contributed by atoms with Gasteiger partial charge >= 0.3 is 0 Å². The molecule has 1 atom stereocenters. The molecule has 1 aromatic carbocycles. The van der Waals surface area contributed by atoms with Crippen molar-refractivity contribution in [2.24, 2.45) is 0 Å². The number of aryl methyl sites for hydroxylation is 1. The van der Waals surface area contributed by atoms with Crippen molar-refractivity contribution in [2.75, 3.05) is 13.1 Å². The summed E-state index contributed by atoms with van der Waals surface area (Å²) in [6.07, 6.45) is 1.01. The highest BCUT2D eigenvalue weighted by Crippen LogP contribution is 2.21. The first-order valence-electron chi connectivity index (χ1n) is 9.23. The largest absolute Gasteiger partial charge is 0.391 e. The van der Waals surface area contributed by atoms with E-state index < -0.39 is 0 Å². The zero-order valence-electron chi connectivity index (χ0n) is 15.7. The number of hydrogen-bond acceptors (Lipinski definition) is 5. The molecule has 2 heterocycles. The molecular weight excluding hydrogens is 346 g/mol. The number of aliphatic hydroxyl groups excluding tert-OH is 1. The summed E-state index contributed by atoms with van der Waals surface area (Å²) in [5, 5.41) is 13.3. The minimum absolute atomic E-state index is 0.0414. The molecule has 0 unspecified atom stereocenters. The van der Waals surface area contributed by atoms with Gasteiger partial charge in [0, 0.05) is 32.1 Å². The summed E-state index contributed by atoms with van der Waals surface area (Å²) in [4.78, 5) is 29.2. The highest BCUT2D eigenvalue weighted by atomic mass is 16.5. The minimum atomic E-state index is -0.305. The van der Waals surface area contributed by atoms with Crippen molar-refractivity contribution < 1.29 is 19.2 Å². The molecule has 2 amide bonds. The van der Waals surface area contributed by atoms with E-state index in [2.05, 4.69) is 5.16 Å². The first-order valence-corrected chi connectivity index (χ1v) is 9.23. The fourth-order valence-corrected chi connectivity index (χ4v) is 3.45. The number of aromatic nitrogens is 1. The number of carbonyl (C=O) groups excluding carboxylic acids is 2. The van der Waals surface area contributed by atoms with Gasteiger partial charge in [-0.25, -0.2) is 0 Å². The standard InChI is InChI=1S/C20H25N3O4/c1-3-16-12-22(20(26)19-17(13-24)14(2)27-21-19)10-9-18(25)23(16)11-15-7-5-4-6-8-15/h4-8,16,24H,3,9-13H2,1-2H3/t16-/m1/s1. The van der Waals surface area contributed by atoms with Crippen molar-refractivity contribution in [1.82, 2.24) is 15.0 Å². The maximum absolute atomic E-state index is 12.9. The van der Waals surface area contributed by atoms with E-state index in [4.69, 9.17) is 4.52 Å². The van der Waals surface area contributed by atoms with Gasteiger partial charge in [0.25, 0.3) is 5.91 Å². The van der Waals surface area contributed by atoms with Crippen molar-refractivity contribution >= 4 is 11.8 Å². The Morgan fingerprint density at radius 3 is 2.74 bits per heavy atom. The van der Waals surface area contributed by atoms with Gasteiger partial charge in [-0.1, -0.05) is 42.4 Å². The Kier molecular flexibility index (Phi) is 5.91. The quantitative estimate of drug-likeness (QED) is 0.870. The number of aliphatic hydroxyl groups is 1. The van der Waals surface area contributed by atoms with Gasteiger partial charge in [-0.05, 0) is 18.9 Å². The van der Waals surface area contributed by atoms with Crippen molar-refractivity contribution in [3.63, 3.8) is 0 Å². The van der Waals surface area contributed by atoms with Crippen LogP contribution >= 0.6 is 0 Å². The van der Waals surface area contributed by atoms with Crippen LogP contribution in [0.4, 0.5) is 0 Å². The van der Waals surface area contributed by atoms with Crippen molar-refractivity contribution in [3.05, 3.63) is 52.9 Å². The van der Waals surface area contributed by atoms with Gasteiger partial charge in [0.05, 0.1) is 12.2 Å². The summed E-state index contributed by atoms with van der Waals surface area (Å²) in [7, 11) is 0. The zero-order valence-corrected chi connectivity index (χ0v) is 15.7. The number of carbonyl (C=O) groups is 2. The van der Waals surface area contributed by atoms with E-state index in [-0.39, 0.29) is 36.6 Å². The van der Waals surface area contributed by atoms with Crippen molar-refractivity contribution in [2.45, 2.75) is 45.9 Å². The molecule has 0 saturated carbocycles. The SMILES string of the molecule is CC[C@@H]1CN(C(=O)c2noc(C)c2CO)CCC(=O)N1Cc1ccccc1. The van der Waals surface area contributed by atoms with Crippen LogP contribution in [0.1, 0.15) is 47.1 Å². The molecule has 0 bridgehead atoms. The average Bonchev–Trinajstić information content (AvgIpc) is 2.99. The monoisotopic (exact) mass is 371 g/mol. The van der Waals surface area contributed by atoms with Crippen LogP contribution in [0.3, 0.4) is 0 Å². The van der Waals surface area contributed by atoms with Gasteiger partial charge < -0.3 is 19.4 Å². The van der Waals surface area contributed by atoms with Crippen LogP contribution in [0.5, 0.6) is 0 Å². The Morgan fingerprint density at radius 2 is 2.07 bits per heavy atom. The molecule has 1 N–H and O–H groups in total. The lowest BCUT2D eigenvalue weighted by Crippen LogP contribution is -2.44. The van der Waals surface area contributed by atoms with Crippen LogP contribution in [0.25, 0.3) is 0 Å². The predicted molar refractivity (Wildman–Crippen MR) is 98.8 cm³/mol. The molecule has 0 aliphatic carbocycles. The molecule has 1 aliphatic rings. The molecule has 27 heavy (non-hydrogen) atoms. The summed E-state index contributed by atoms with van der Waals surface area (Å²) >= 11 is 0. The maximum atomic E-state index is 12.9. The lowest BCUT2D eigenvalue weighted by atomic mass is 10.1. The molecule has 144 valence electrons. The molecule has 0 spiro atoms. The van der Waals surface area contributed by atoms with Crippen LogP contribution in [0.2, 0.25) is 0 Å². The fraction of sp³-hybridized carbons (Fsp3) is 0.450. The lowest BCUT2D eigenvalue weighted by Gasteiger charge is -2.31. The van der Waals surface area contributed by atoms with Crippen LogP contribution in [0, 0.1) is 6.92 Å². The Bertz CT molecular complexity index is 803. The van der Waals surface area contributed by atoms with Gasteiger partial charge in [-0.3, -0.25) is 9.59 Å². The van der Waals surface area contributed by atoms with E-state index >= 15 is 0 Å². The second-order valence-electron chi connectivity index (χ2n) is 6.79. The molecular formula is C20H25N3O4. The fourth-order valence-electron chi connectivity index (χ4n) is 3.45. The molecule has 0 radical (unpaired) electrons. The number of benzene rings is 1. The summed E-state index contributed by atoms with van der Waals surface area (Å²) in [5.74, 6) is 0.174. The number of rotatable bonds is 5. The molecule has 2 aromatic rings. The summed E-state index contributed by atoms with van der Waals surface area (Å²) in [6, 6.07) is 9.79. The molecule has 7 nitrogen and oxygen atoms in total. The van der Waals surface area contributed by atoms with E-state index in [1.807, 2.05) is 42.2 Å². The van der Waals surface area contributed by atoms with E-state index in [1.54, 1.807) is 11.8 Å². The van der Waals surface area contributed by atoms with E-state index in [9.17, 15) is 14.7 Å². The minimum Gasteiger partial charge on any atom is -0.391 e. The zero-order chi connectivity index (χ0) is 19.4. The van der Waals surface area contributed by atoms with Crippen molar-refractivity contribution in [1.29, 1.82) is 0 Å². The molecule has 1 aliphatic heterocycles. The highest BCUT2D eigenvalue weighted by Gasteiger charge is 2.33. The number of nitrogens with zero attached hydrogens (tertiary/aromatic N) is 3. The summed E-state index contributed by atoms with van der Waals surface area (Å²) in [5.41, 5.74) is 1.61. The van der Waals surface area contributed by atoms with E-state index in [1.165, 1.54) is 0 Å². The molecule has 3 rings (SSSR count). The van der Waals surface area contributed by atoms with Gasteiger partial charge in [0.2, 0.25) is 5.91 Å². The van der Waals surface area contributed by atoms with Crippen LogP contribution < -0.4 is 0 Å². The van der Waals surface area contributed by atoms with Gasteiger partial charge in [0.1, 0.15) is 5.76 Å². The van der Waals surface area contributed by atoms with Gasteiger partial charge in [0.15, 0.2) is 5.69 Å². The lowest BCUT2D eigenvalue weighted by molar-refractivity contribution is -0.133. The van der Waals surface area contributed by atoms with E-state index in [0.29, 0.717) is 31.0 Å². The Hall–Kier alpha value is -2.67. The smallest absolute Gasteiger partial charge is 0.276 e. The maximum Gasteiger partial charge on any atom is 0.276 e. The third-order valence-electron chi connectivity index (χ3n) is 5.09. The number of hydrogen-bond donors (Lipinski definition) is 1. The van der Waals surface area contributed by atoms with Gasteiger partial charge in [-0.2, -0.15) is 0 Å². The summed E-state index contributed by atoms with van der Waals surface area (Å²) in [6.45, 7) is 4.67. The topological polar surface area (TPSA) is 86.9 Å². The van der Waals surface area contributed by atoms with Crippen molar-refractivity contribution in [3.8, 4) is 0 Å². The molecule has 1 fully saturated rings. The third kappa shape index (κ3) is 4.03. The normalized spacial score (nSPS) is 17.9. The van der Waals surface area contributed by atoms with Crippen LogP contribution in [0.15, 0.2) is 34.9 Å². The summed E-state index contributed by atoms with van der Waals surface area (Å²) < 4.78 is 5.07. The molecule has 1 saturated heterocycles. The van der Waals surface area contributed by atoms with Crippen LogP contribution in [-0.4, -0.2) is 51.0 Å².